The van der Waals surface area contributed by atoms with E-state index in [1.165, 1.54) is 0 Å². The number of hydrogen-bond donors (Lipinski definition) is 1. The van der Waals surface area contributed by atoms with Gasteiger partial charge in [-0.3, -0.25) is 0 Å². The quantitative estimate of drug-likeness (QED) is 0.799. The number of halogens is 2. The van der Waals surface area contributed by atoms with E-state index in [0.717, 1.165) is 5.56 Å². The van der Waals surface area contributed by atoms with E-state index in [4.69, 9.17) is 28.0 Å². The van der Waals surface area contributed by atoms with E-state index < -0.39 is 0 Å². The van der Waals surface area contributed by atoms with Gasteiger partial charge in [-0.1, -0.05) is 44.0 Å². The third-order valence-corrected chi connectivity index (χ3v) is 2.97. The first-order chi connectivity index (χ1) is 7.88. The maximum atomic E-state index is 5.91. The van der Waals surface area contributed by atoms with E-state index in [0.29, 0.717) is 10.9 Å². The minimum Gasteiger partial charge on any atom is -0.390 e. The highest BCUT2D eigenvalue weighted by Gasteiger charge is 2.29. The highest BCUT2D eigenvalue weighted by molar-refractivity contribution is 6.41. The van der Waals surface area contributed by atoms with Crippen LogP contribution in [-0.2, 0) is 4.84 Å². The molecule has 1 aliphatic heterocycles. The Morgan fingerprint density at radius 2 is 2.06 bits per heavy atom. The number of aliphatic imine (C=N–C) groups is 1. The van der Waals surface area contributed by atoms with Crippen LogP contribution in [0, 0.1) is 5.41 Å². The van der Waals surface area contributed by atoms with Gasteiger partial charge in [0.25, 0.3) is 0 Å². The third-order valence-electron chi connectivity index (χ3n) is 2.29. The average molecular weight is 274 g/mol. The molecule has 0 amide bonds. The van der Waals surface area contributed by atoms with Gasteiger partial charge in [-0.25, -0.2) is 9.98 Å². The van der Waals surface area contributed by atoms with E-state index in [-0.39, 0.29) is 16.7 Å². The molecule has 1 aliphatic rings. The van der Waals surface area contributed by atoms with Crippen LogP contribution in [0.1, 0.15) is 32.5 Å². The van der Waals surface area contributed by atoms with Gasteiger partial charge in [-0.2, -0.15) is 0 Å². The zero-order valence-electron chi connectivity index (χ0n) is 9.79. The van der Waals surface area contributed by atoms with Gasteiger partial charge >= 0.3 is 0 Å². The Hall–Kier alpha value is -0.840. The Bertz CT molecular complexity index is 468. The van der Waals surface area contributed by atoms with Gasteiger partial charge in [-0.15, -0.1) is 5.48 Å². The lowest BCUT2D eigenvalue weighted by molar-refractivity contribution is 0.161. The van der Waals surface area contributed by atoms with Gasteiger partial charge < -0.3 is 4.84 Å². The topological polar surface area (TPSA) is 46.5 Å². The number of nitrogens with one attached hydrogen (secondary N) is 1. The van der Waals surface area contributed by atoms with E-state index in [2.05, 4.69) is 15.5 Å². The molecule has 2 heterocycles. The van der Waals surface area contributed by atoms with Gasteiger partial charge in [0.15, 0.2) is 6.17 Å². The minimum absolute atomic E-state index is 0.134. The van der Waals surface area contributed by atoms with Crippen molar-refractivity contribution in [2.24, 2.45) is 10.4 Å². The molecule has 2 rings (SSSR count). The summed E-state index contributed by atoms with van der Waals surface area (Å²) in [6, 6.07) is 1.73. The molecule has 1 atom stereocenters. The molecule has 1 unspecified atom stereocenters. The van der Waals surface area contributed by atoms with Crippen LogP contribution < -0.4 is 5.48 Å². The zero-order chi connectivity index (χ0) is 12.6. The van der Waals surface area contributed by atoms with Crippen LogP contribution in [0.25, 0.3) is 0 Å². The first kappa shape index (κ1) is 12.6. The molecule has 0 bridgehead atoms. The summed E-state index contributed by atoms with van der Waals surface area (Å²) in [7, 11) is 0. The third kappa shape index (κ3) is 2.70. The van der Waals surface area contributed by atoms with Crippen LogP contribution in [0.2, 0.25) is 10.2 Å². The fourth-order valence-electron chi connectivity index (χ4n) is 1.36. The molecule has 4 nitrogen and oxygen atoms in total. The molecule has 6 heteroatoms. The normalized spacial score (nSPS) is 20.1. The second kappa shape index (κ2) is 4.44. The van der Waals surface area contributed by atoms with E-state index in [1.54, 1.807) is 12.3 Å². The molecule has 1 N–H and O–H groups in total. The van der Waals surface area contributed by atoms with Crippen LogP contribution in [0.5, 0.6) is 0 Å². The molecule has 0 aliphatic carbocycles. The maximum Gasteiger partial charge on any atom is 0.216 e. The van der Waals surface area contributed by atoms with Crippen LogP contribution in [0.15, 0.2) is 17.3 Å². The highest BCUT2D eigenvalue weighted by Crippen LogP contribution is 2.29. The zero-order valence-corrected chi connectivity index (χ0v) is 11.3. The Labute approximate surface area is 110 Å². The first-order valence-electron chi connectivity index (χ1n) is 5.19. The van der Waals surface area contributed by atoms with Crippen molar-refractivity contribution < 1.29 is 4.84 Å². The summed E-state index contributed by atoms with van der Waals surface area (Å²) in [5, 5.41) is 0.694. The first-order valence-corrected chi connectivity index (χ1v) is 5.95. The fourth-order valence-corrected chi connectivity index (χ4v) is 1.63. The number of hydrogen-bond acceptors (Lipinski definition) is 4. The van der Waals surface area contributed by atoms with E-state index in [9.17, 15) is 0 Å². The van der Waals surface area contributed by atoms with Crippen LogP contribution >= 0.6 is 23.2 Å². The summed E-state index contributed by atoms with van der Waals surface area (Å²) in [6.07, 6.45) is 1.34. The Kier molecular flexibility index (Phi) is 3.30. The lowest BCUT2D eigenvalue weighted by Crippen LogP contribution is -2.23. The summed E-state index contributed by atoms with van der Waals surface area (Å²) in [4.78, 5) is 13.8. The largest absolute Gasteiger partial charge is 0.390 e. The monoisotopic (exact) mass is 273 g/mol. The van der Waals surface area contributed by atoms with Gasteiger partial charge in [0, 0.05) is 17.2 Å². The standard InChI is InChI=1S/C11H13Cl2N3O/c1-11(2,3)10-15-9(16-17-10)6-4-7(12)8(13)14-5-6/h4-5,9,16H,1-3H3. The smallest absolute Gasteiger partial charge is 0.216 e. The summed E-state index contributed by atoms with van der Waals surface area (Å²) in [6.45, 7) is 6.09. The molecule has 0 spiro atoms. The molecule has 0 aromatic carbocycles. The highest BCUT2D eigenvalue weighted by atomic mass is 35.5. The van der Waals surface area contributed by atoms with Crippen LogP contribution in [0.3, 0.4) is 0 Å². The minimum atomic E-state index is -0.286. The van der Waals surface area contributed by atoms with Crippen molar-refractivity contribution in [1.82, 2.24) is 10.5 Å². The lowest BCUT2D eigenvalue weighted by atomic mass is 9.97. The molecule has 0 radical (unpaired) electrons. The molecule has 17 heavy (non-hydrogen) atoms. The van der Waals surface area contributed by atoms with Crippen molar-refractivity contribution in [1.29, 1.82) is 0 Å². The fraction of sp³-hybridized carbons (Fsp3) is 0.455. The van der Waals surface area contributed by atoms with Gasteiger partial charge in [0.05, 0.1) is 5.02 Å². The average Bonchev–Trinajstić information content (AvgIpc) is 2.70. The number of pyridine rings is 1. The molecule has 1 aromatic rings. The van der Waals surface area contributed by atoms with Crippen molar-refractivity contribution in [3.05, 3.63) is 28.0 Å². The van der Waals surface area contributed by atoms with Crippen molar-refractivity contribution in [2.75, 3.05) is 0 Å². The van der Waals surface area contributed by atoms with Crippen LogP contribution in [-0.4, -0.2) is 10.9 Å². The lowest BCUT2D eigenvalue weighted by Gasteiger charge is -2.15. The molecule has 1 aromatic heterocycles. The van der Waals surface area contributed by atoms with Gasteiger partial charge in [0.2, 0.25) is 5.90 Å². The Morgan fingerprint density at radius 1 is 1.35 bits per heavy atom. The van der Waals surface area contributed by atoms with Gasteiger partial charge in [-0.05, 0) is 6.07 Å². The van der Waals surface area contributed by atoms with Crippen molar-refractivity contribution in [3.63, 3.8) is 0 Å². The SMILES string of the molecule is CC(C)(C)C1=NC(c2cnc(Cl)c(Cl)c2)NO1. The summed E-state index contributed by atoms with van der Waals surface area (Å²) in [5.41, 5.74) is 3.52. The van der Waals surface area contributed by atoms with Crippen LogP contribution in [0.4, 0.5) is 0 Å². The second-order valence-corrected chi connectivity index (χ2v) is 5.61. The predicted octanol–water partition coefficient (Wildman–Crippen LogP) is 3.37. The second-order valence-electron chi connectivity index (χ2n) is 4.85. The molecule has 0 saturated carbocycles. The molecule has 0 saturated heterocycles. The summed E-state index contributed by atoms with van der Waals surface area (Å²) >= 11 is 11.7. The molecule has 92 valence electrons. The number of nitrogens with zero attached hydrogens (tertiary/aromatic N) is 2. The summed E-state index contributed by atoms with van der Waals surface area (Å²) in [5.74, 6) is 0.661. The van der Waals surface area contributed by atoms with Gasteiger partial charge in [0.1, 0.15) is 5.15 Å². The number of aromatic nitrogens is 1. The molecular weight excluding hydrogens is 261 g/mol. The predicted molar refractivity (Wildman–Crippen MR) is 68.1 cm³/mol. The maximum absolute atomic E-state index is 5.91. The van der Waals surface area contributed by atoms with E-state index >= 15 is 0 Å². The summed E-state index contributed by atoms with van der Waals surface area (Å²) < 4.78 is 0. The number of rotatable bonds is 1. The van der Waals surface area contributed by atoms with Crippen molar-refractivity contribution in [2.45, 2.75) is 26.9 Å². The Balaban J connectivity index is 2.25. The van der Waals surface area contributed by atoms with Crippen molar-refractivity contribution in [3.8, 4) is 0 Å². The molecule has 0 fully saturated rings. The van der Waals surface area contributed by atoms with Crippen molar-refractivity contribution >= 4 is 29.1 Å². The number of hydroxylamine groups is 1. The Morgan fingerprint density at radius 3 is 2.59 bits per heavy atom. The molecular formula is C11H13Cl2N3O. The van der Waals surface area contributed by atoms with E-state index in [1.807, 2.05) is 20.8 Å².